The minimum atomic E-state index is -0.339. The first-order chi connectivity index (χ1) is 12.0. The largest absolute Gasteiger partial charge is 0.347 e. The minimum absolute atomic E-state index is 0. The average molecular weight is 470 g/mol. The lowest BCUT2D eigenvalue weighted by Gasteiger charge is -2.22. The summed E-state index contributed by atoms with van der Waals surface area (Å²) < 4.78 is 12.9. The number of hydrogen-bond donors (Lipinski definition) is 2. The van der Waals surface area contributed by atoms with E-state index in [0.29, 0.717) is 18.2 Å². The van der Waals surface area contributed by atoms with Gasteiger partial charge < -0.3 is 15.5 Å². The highest BCUT2D eigenvalue weighted by Crippen LogP contribution is 2.10. The number of nitrogens with one attached hydrogen (secondary N) is 2. The summed E-state index contributed by atoms with van der Waals surface area (Å²) in [5, 5.41) is 5.73. The van der Waals surface area contributed by atoms with Crippen LogP contribution in [0.2, 0.25) is 0 Å². The molecule has 2 aromatic carbocycles. The van der Waals surface area contributed by atoms with Crippen molar-refractivity contribution >= 4 is 41.5 Å². The normalized spacial score (nSPS) is 10.7. The fourth-order valence-corrected chi connectivity index (χ4v) is 2.40. The van der Waals surface area contributed by atoms with Crippen LogP contribution in [0, 0.1) is 12.7 Å². The molecule has 26 heavy (non-hydrogen) atoms. The number of aliphatic imine (C=N–C) groups is 1. The Kier molecular flexibility index (Phi) is 9.04. The number of aryl methyl sites for hydroxylation is 1. The maximum Gasteiger partial charge on any atom is 0.243 e. The van der Waals surface area contributed by atoms with Gasteiger partial charge in [-0.15, -0.1) is 24.0 Å². The molecule has 1 amide bonds. The number of benzene rings is 2. The number of anilines is 1. The smallest absolute Gasteiger partial charge is 0.243 e. The molecule has 0 aliphatic heterocycles. The second-order valence-electron chi connectivity index (χ2n) is 5.74. The Labute approximate surface area is 170 Å². The standard InChI is InChI=1S/C19H23FN4O.HI/c1-14-6-4-5-7-15(14)13-24(3)19(21-2)22-12-18(25)23-17-10-8-16(20)9-11-17;/h4-11H,12-13H2,1-3H3,(H,21,22)(H,23,25);1H. The molecule has 0 heterocycles. The number of carbonyl (C=O) groups is 1. The van der Waals surface area contributed by atoms with Crippen molar-refractivity contribution in [1.82, 2.24) is 10.2 Å². The summed E-state index contributed by atoms with van der Waals surface area (Å²) >= 11 is 0. The number of rotatable bonds is 5. The monoisotopic (exact) mass is 470 g/mol. The van der Waals surface area contributed by atoms with E-state index in [1.165, 1.54) is 35.4 Å². The number of carbonyl (C=O) groups excluding carboxylic acids is 1. The highest BCUT2D eigenvalue weighted by molar-refractivity contribution is 14.0. The van der Waals surface area contributed by atoms with E-state index in [9.17, 15) is 9.18 Å². The molecule has 2 aromatic rings. The van der Waals surface area contributed by atoms with Crippen molar-refractivity contribution in [2.45, 2.75) is 13.5 Å². The Morgan fingerprint density at radius 3 is 2.42 bits per heavy atom. The summed E-state index contributed by atoms with van der Waals surface area (Å²) in [7, 11) is 3.59. The lowest BCUT2D eigenvalue weighted by molar-refractivity contribution is -0.115. The van der Waals surface area contributed by atoms with Gasteiger partial charge in [0.15, 0.2) is 5.96 Å². The van der Waals surface area contributed by atoms with Crippen LogP contribution >= 0.6 is 24.0 Å². The van der Waals surface area contributed by atoms with Crippen LogP contribution in [0.15, 0.2) is 53.5 Å². The fourth-order valence-electron chi connectivity index (χ4n) is 2.40. The molecule has 0 fully saturated rings. The zero-order valence-electron chi connectivity index (χ0n) is 15.1. The summed E-state index contributed by atoms with van der Waals surface area (Å²) in [5.74, 6) is 0.0592. The van der Waals surface area contributed by atoms with Crippen LogP contribution in [0.4, 0.5) is 10.1 Å². The Bertz CT molecular complexity index is 749. The molecule has 0 spiro atoms. The fraction of sp³-hybridized carbons (Fsp3) is 0.263. The maximum atomic E-state index is 12.9. The van der Waals surface area contributed by atoms with Crippen molar-refractivity contribution in [3.63, 3.8) is 0 Å². The van der Waals surface area contributed by atoms with E-state index >= 15 is 0 Å². The molecule has 2 N–H and O–H groups in total. The molecule has 0 saturated carbocycles. The Balaban J connectivity index is 0.00000338. The first-order valence-corrected chi connectivity index (χ1v) is 8.01. The molecule has 0 unspecified atom stereocenters. The average Bonchev–Trinajstić information content (AvgIpc) is 2.59. The van der Waals surface area contributed by atoms with Gasteiger partial charge in [0.05, 0.1) is 6.54 Å². The van der Waals surface area contributed by atoms with Gasteiger partial charge in [-0.2, -0.15) is 0 Å². The third-order valence-corrected chi connectivity index (χ3v) is 3.78. The van der Waals surface area contributed by atoms with Crippen molar-refractivity contribution in [3.8, 4) is 0 Å². The van der Waals surface area contributed by atoms with Crippen LogP contribution in [0.1, 0.15) is 11.1 Å². The lowest BCUT2D eigenvalue weighted by Crippen LogP contribution is -2.42. The molecule has 0 saturated heterocycles. The second kappa shape index (κ2) is 10.7. The highest BCUT2D eigenvalue weighted by atomic mass is 127. The van der Waals surface area contributed by atoms with Gasteiger partial charge in [-0.3, -0.25) is 9.79 Å². The van der Waals surface area contributed by atoms with Crippen molar-refractivity contribution in [3.05, 3.63) is 65.5 Å². The van der Waals surface area contributed by atoms with Gasteiger partial charge >= 0.3 is 0 Å². The Morgan fingerprint density at radius 1 is 1.15 bits per heavy atom. The third kappa shape index (κ3) is 6.62. The van der Waals surface area contributed by atoms with Crippen LogP contribution in [0.5, 0.6) is 0 Å². The molecular formula is C19H24FIN4O. The molecular weight excluding hydrogens is 446 g/mol. The van der Waals surface area contributed by atoms with Gasteiger partial charge in [0.25, 0.3) is 0 Å². The van der Waals surface area contributed by atoms with Gasteiger partial charge in [0.1, 0.15) is 5.82 Å². The van der Waals surface area contributed by atoms with Gasteiger partial charge in [0.2, 0.25) is 5.91 Å². The highest BCUT2D eigenvalue weighted by Gasteiger charge is 2.10. The quantitative estimate of drug-likeness (QED) is 0.400. The Morgan fingerprint density at radius 2 is 1.81 bits per heavy atom. The van der Waals surface area contributed by atoms with Crippen LogP contribution in [-0.4, -0.2) is 37.4 Å². The summed E-state index contributed by atoms with van der Waals surface area (Å²) in [6.45, 7) is 2.82. The number of nitrogens with zero attached hydrogens (tertiary/aromatic N) is 2. The van der Waals surface area contributed by atoms with E-state index in [1.807, 2.05) is 24.1 Å². The van der Waals surface area contributed by atoms with Crippen LogP contribution < -0.4 is 10.6 Å². The van der Waals surface area contributed by atoms with Crippen molar-refractivity contribution in [1.29, 1.82) is 0 Å². The van der Waals surface area contributed by atoms with Crippen LogP contribution in [-0.2, 0) is 11.3 Å². The second-order valence-corrected chi connectivity index (χ2v) is 5.74. The molecule has 0 aliphatic rings. The van der Waals surface area contributed by atoms with Crippen molar-refractivity contribution in [2.75, 3.05) is 26.0 Å². The maximum absolute atomic E-state index is 12.9. The Hall–Kier alpha value is -2.16. The molecule has 2 rings (SSSR count). The summed E-state index contributed by atoms with van der Waals surface area (Å²) in [6, 6.07) is 13.8. The lowest BCUT2D eigenvalue weighted by atomic mass is 10.1. The predicted octanol–water partition coefficient (Wildman–Crippen LogP) is 3.40. The zero-order chi connectivity index (χ0) is 18.2. The molecule has 5 nitrogen and oxygen atoms in total. The minimum Gasteiger partial charge on any atom is -0.347 e. The van der Waals surface area contributed by atoms with E-state index in [2.05, 4.69) is 34.7 Å². The predicted molar refractivity (Wildman–Crippen MR) is 114 cm³/mol. The van der Waals surface area contributed by atoms with Crippen molar-refractivity contribution in [2.24, 2.45) is 4.99 Å². The number of guanidine groups is 1. The molecule has 0 atom stereocenters. The topological polar surface area (TPSA) is 56.7 Å². The van der Waals surface area contributed by atoms with Gasteiger partial charge in [-0.05, 0) is 42.3 Å². The van der Waals surface area contributed by atoms with E-state index < -0.39 is 0 Å². The molecule has 0 radical (unpaired) electrons. The molecule has 0 aromatic heterocycles. The molecule has 140 valence electrons. The first kappa shape index (κ1) is 21.9. The number of hydrogen-bond acceptors (Lipinski definition) is 2. The van der Waals surface area contributed by atoms with Gasteiger partial charge in [-0.1, -0.05) is 24.3 Å². The third-order valence-electron chi connectivity index (χ3n) is 3.78. The van der Waals surface area contributed by atoms with E-state index in [-0.39, 0.29) is 42.2 Å². The first-order valence-electron chi connectivity index (χ1n) is 8.01. The summed E-state index contributed by atoms with van der Waals surface area (Å²) in [6.07, 6.45) is 0. The SMILES string of the molecule is CN=C(NCC(=O)Nc1ccc(F)cc1)N(C)Cc1ccccc1C.I. The van der Waals surface area contributed by atoms with Crippen LogP contribution in [0.25, 0.3) is 0 Å². The summed E-state index contributed by atoms with van der Waals surface area (Å²) in [4.78, 5) is 18.2. The molecule has 0 aliphatic carbocycles. The number of halogens is 2. The number of amides is 1. The van der Waals surface area contributed by atoms with Gasteiger partial charge in [-0.25, -0.2) is 4.39 Å². The van der Waals surface area contributed by atoms with Crippen molar-refractivity contribution < 1.29 is 9.18 Å². The molecule has 0 bridgehead atoms. The zero-order valence-corrected chi connectivity index (χ0v) is 17.5. The van der Waals surface area contributed by atoms with E-state index in [1.54, 1.807) is 7.05 Å². The van der Waals surface area contributed by atoms with E-state index in [4.69, 9.17) is 0 Å². The van der Waals surface area contributed by atoms with Gasteiger partial charge in [0, 0.05) is 26.3 Å². The molecule has 7 heteroatoms. The van der Waals surface area contributed by atoms with Crippen LogP contribution in [0.3, 0.4) is 0 Å². The summed E-state index contributed by atoms with van der Waals surface area (Å²) in [5.41, 5.74) is 2.96. The van der Waals surface area contributed by atoms with E-state index in [0.717, 1.165) is 0 Å².